The van der Waals surface area contributed by atoms with Gasteiger partial charge in [0.15, 0.2) is 5.15 Å². The maximum Gasteiger partial charge on any atom is 0.257 e. The Bertz CT molecular complexity index is 666. The number of halogens is 3. The van der Waals surface area contributed by atoms with Gasteiger partial charge in [0.05, 0.1) is 22.0 Å². The van der Waals surface area contributed by atoms with Crippen molar-refractivity contribution in [1.29, 1.82) is 0 Å². The third-order valence-electron chi connectivity index (χ3n) is 2.65. The Balaban J connectivity index is 2.36. The number of carbonyl (C=O) groups is 1. The highest BCUT2D eigenvalue weighted by Crippen LogP contribution is 2.29. The van der Waals surface area contributed by atoms with Crippen LogP contribution in [-0.4, -0.2) is 10.9 Å². The first-order valence-electron chi connectivity index (χ1n) is 5.58. The molecular formula is C13H10Cl3N3O. The average Bonchev–Trinajstić information content (AvgIpc) is 2.36. The van der Waals surface area contributed by atoms with E-state index in [-0.39, 0.29) is 20.9 Å². The molecule has 1 aromatic carbocycles. The summed E-state index contributed by atoms with van der Waals surface area (Å²) in [5.41, 5.74) is 7.34. The lowest BCUT2D eigenvalue weighted by Crippen LogP contribution is -2.14. The Morgan fingerprint density at radius 1 is 1.30 bits per heavy atom. The van der Waals surface area contributed by atoms with Gasteiger partial charge in [-0.3, -0.25) is 4.79 Å². The van der Waals surface area contributed by atoms with Crippen LogP contribution in [0.3, 0.4) is 0 Å². The number of aryl methyl sites for hydroxylation is 1. The number of benzene rings is 1. The van der Waals surface area contributed by atoms with Crippen LogP contribution in [0.15, 0.2) is 24.3 Å². The van der Waals surface area contributed by atoms with E-state index < -0.39 is 5.91 Å². The van der Waals surface area contributed by atoms with E-state index in [1.807, 2.05) is 0 Å². The van der Waals surface area contributed by atoms with Gasteiger partial charge in [-0.1, -0.05) is 40.9 Å². The van der Waals surface area contributed by atoms with Crippen LogP contribution in [0.4, 0.5) is 11.4 Å². The predicted octanol–water partition coefficient (Wildman–Crippen LogP) is 4.18. The zero-order valence-corrected chi connectivity index (χ0v) is 12.6. The Labute approximate surface area is 130 Å². The number of hydrogen-bond donors (Lipinski definition) is 2. The molecule has 1 heterocycles. The molecule has 0 bridgehead atoms. The first kappa shape index (κ1) is 14.9. The fourth-order valence-corrected chi connectivity index (χ4v) is 2.44. The van der Waals surface area contributed by atoms with E-state index in [1.165, 1.54) is 0 Å². The quantitative estimate of drug-likeness (QED) is 0.641. The largest absolute Gasteiger partial charge is 0.398 e. The standard InChI is InChI=1S/C13H10Cl3N3O/c1-6-5-9(14)18-12(16)11(6)19-13(20)7-3-2-4-8(17)10(7)15/h2-5H,17H2,1H3,(H,19,20). The summed E-state index contributed by atoms with van der Waals surface area (Å²) >= 11 is 17.7. The van der Waals surface area contributed by atoms with Crippen molar-refractivity contribution in [3.63, 3.8) is 0 Å². The molecule has 104 valence electrons. The number of amides is 1. The molecular weight excluding hydrogens is 321 g/mol. The highest BCUT2D eigenvalue weighted by molar-refractivity contribution is 6.37. The van der Waals surface area contributed by atoms with Gasteiger partial charge < -0.3 is 11.1 Å². The molecule has 0 unspecified atom stereocenters. The molecule has 0 saturated carbocycles. The number of nitrogen functional groups attached to an aromatic ring is 1. The van der Waals surface area contributed by atoms with Gasteiger partial charge in [0, 0.05) is 0 Å². The number of nitrogens with one attached hydrogen (secondary N) is 1. The molecule has 0 spiro atoms. The van der Waals surface area contributed by atoms with Crippen LogP contribution in [0, 0.1) is 6.92 Å². The molecule has 20 heavy (non-hydrogen) atoms. The van der Waals surface area contributed by atoms with E-state index >= 15 is 0 Å². The summed E-state index contributed by atoms with van der Waals surface area (Å²) in [6.07, 6.45) is 0. The van der Waals surface area contributed by atoms with E-state index in [2.05, 4.69) is 10.3 Å². The summed E-state index contributed by atoms with van der Waals surface area (Å²) in [4.78, 5) is 16.1. The number of hydrogen-bond acceptors (Lipinski definition) is 3. The van der Waals surface area contributed by atoms with Crippen molar-refractivity contribution < 1.29 is 4.79 Å². The summed E-state index contributed by atoms with van der Waals surface area (Å²) in [5, 5.41) is 3.22. The van der Waals surface area contributed by atoms with E-state index in [9.17, 15) is 4.79 Å². The molecule has 0 radical (unpaired) electrons. The smallest absolute Gasteiger partial charge is 0.257 e. The maximum absolute atomic E-state index is 12.2. The molecule has 1 aromatic heterocycles. The first-order valence-corrected chi connectivity index (χ1v) is 6.71. The molecule has 0 aliphatic heterocycles. The van der Waals surface area contributed by atoms with Crippen LogP contribution < -0.4 is 11.1 Å². The van der Waals surface area contributed by atoms with Crippen molar-refractivity contribution in [2.45, 2.75) is 6.92 Å². The monoisotopic (exact) mass is 329 g/mol. The fraction of sp³-hybridized carbons (Fsp3) is 0.0769. The Hall–Kier alpha value is -1.49. The van der Waals surface area contributed by atoms with Crippen molar-refractivity contribution in [3.8, 4) is 0 Å². The number of nitrogens with zero attached hydrogens (tertiary/aromatic N) is 1. The van der Waals surface area contributed by atoms with Gasteiger partial charge in [0.25, 0.3) is 5.91 Å². The number of rotatable bonds is 2. The van der Waals surface area contributed by atoms with E-state index in [0.717, 1.165) is 0 Å². The molecule has 0 fully saturated rings. The third-order valence-corrected chi connectivity index (χ3v) is 3.54. The van der Waals surface area contributed by atoms with E-state index in [1.54, 1.807) is 31.2 Å². The van der Waals surface area contributed by atoms with E-state index in [4.69, 9.17) is 40.5 Å². The normalized spacial score (nSPS) is 10.4. The van der Waals surface area contributed by atoms with Crippen LogP contribution >= 0.6 is 34.8 Å². The molecule has 7 heteroatoms. The van der Waals surface area contributed by atoms with Crippen molar-refractivity contribution in [2.75, 3.05) is 11.1 Å². The number of nitrogens with two attached hydrogens (primary N) is 1. The molecule has 0 saturated heterocycles. The van der Waals surface area contributed by atoms with Gasteiger partial charge in [-0.15, -0.1) is 0 Å². The zero-order valence-electron chi connectivity index (χ0n) is 10.4. The molecule has 0 atom stereocenters. The number of pyridine rings is 1. The lowest BCUT2D eigenvalue weighted by Gasteiger charge is -2.11. The topological polar surface area (TPSA) is 68.0 Å². The predicted molar refractivity (Wildman–Crippen MR) is 82.8 cm³/mol. The van der Waals surface area contributed by atoms with Crippen LogP contribution in [0.5, 0.6) is 0 Å². The second-order valence-electron chi connectivity index (χ2n) is 4.09. The second-order valence-corrected chi connectivity index (χ2v) is 5.21. The first-order chi connectivity index (χ1) is 9.40. The lowest BCUT2D eigenvalue weighted by atomic mass is 10.1. The van der Waals surface area contributed by atoms with Gasteiger partial charge in [0.1, 0.15) is 5.15 Å². The van der Waals surface area contributed by atoms with Crippen molar-refractivity contribution in [2.24, 2.45) is 0 Å². The maximum atomic E-state index is 12.2. The van der Waals surface area contributed by atoms with Gasteiger partial charge in [-0.05, 0) is 30.7 Å². The van der Waals surface area contributed by atoms with Crippen molar-refractivity contribution in [1.82, 2.24) is 4.98 Å². The van der Waals surface area contributed by atoms with Gasteiger partial charge in [0.2, 0.25) is 0 Å². The lowest BCUT2D eigenvalue weighted by molar-refractivity contribution is 0.102. The average molecular weight is 331 g/mol. The fourth-order valence-electron chi connectivity index (χ4n) is 1.65. The number of aromatic nitrogens is 1. The number of anilines is 2. The van der Waals surface area contributed by atoms with Gasteiger partial charge in [-0.2, -0.15) is 0 Å². The Morgan fingerprint density at radius 2 is 2.00 bits per heavy atom. The molecule has 1 amide bonds. The molecule has 3 N–H and O–H groups in total. The third kappa shape index (κ3) is 2.98. The minimum atomic E-state index is -0.420. The number of carbonyl (C=O) groups excluding carboxylic acids is 1. The zero-order chi connectivity index (χ0) is 14.9. The summed E-state index contributed by atoms with van der Waals surface area (Å²) < 4.78 is 0. The van der Waals surface area contributed by atoms with E-state index in [0.29, 0.717) is 16.9 Å². The van der Waals surface area contributed by atoms with Crippen molar-refractivity contribution >= 4 is 52.1 Å². The van der Waals surface area contributed by atoms with Crippen LogP contribution in [0.25, 0.3) is 0 Å². The van der Waals surface area contributed by atoms with Crippen LogP contribution in [0.2, 0.25) is 15.3 Å². The van der Waals surface area contributed by atoms with Gasteiger partial charge in [-0.25, -0.2) is 4.98 Å². The molecule has 2 rings (SSSR count). The Morgan fingerprint density at radius 3 is 2.65 bits per heavy atom. The SMILES string of the molecule is Cc1cc(Cl)nc(Cl)c1NC(=O)c1cccc(N)c1Cl. The van der Waals surface area contributed by atoms with Crippen LogP contribution in [-0.2, 0) is 0 Å². The highest BCUT2D eigenvalue weighted by Gasteiger charge is 2.16. The molecule has 2 aromatic rings. The summed E-state index contributed by atoms with van der Waals surface area (Å²) in [5.74, 6) is -0.420. The van der Waals surface area contributed by atoms with Crippen LogP contribution in [0.1, 0.15) is 15.9 Å². The minimum absolute atomic E-state index is 0.114. The Kier molecular flexibility index (Phi) is 4.38. The highest BCUT2D eigenvalue weighted by atomic mass is 35.5. The summed E-state index contributed by atoms with van der Waals surface area (Å²) in [7, 11) is 0. The summed E-state index contributed by atoms with van der Waals surface area (Å²) in [6.45, 7) is 1.76. The minimum Gasteiger partial charge on any atom is -0.398 e. The molecule has 0 aliphatic rings. The second kappa shape index (κ2) is 5.87. The molecule has 0 aliphatic carbocycles. The molecule has 4 nitrogen and oxygen atoms in total. The summed E-state index contributed by atoms with van der Waals surface area (Å²) in [6, 6.07) is 6.43. The van der Waals surface area contributed by atoms with Crippen molar-refractivity contribution in [3.05, 3.63) is 50.7 Å². The van der Waals surface area contributed by atoms with Gasteiger partial charge >= 0.3 is 0 Å².